The Kier molecular flexibility index (Phi) is 6.16. The summed E-state index contributed by atoms with van der Waals surface area (Å²) in [6.45, 7) is 0.0605. The number of nitrogens with zero attached hydrogens (tertiary/aromatic N) is 1. The highest BCUT2D eigenvalue weighted by atomic mass is 32.2. The molecule has 5 nitrogen and oxygen atoms in total. The highest BCUT2D eigenvalue weighted by Crippen LogP contribution is 2.34. The zero-order valence-corrected chi connectivity index (χ0v) is 19.1. The Balaban J connectivity index is 1.33. The molecular weight excluding hydrogens is 465 g/mol. The second-order valence-electron chi connectivity index (χ2n) is 7.88. The summed E-state index contributed by atoms with van der Waals surface area (Å²) >= 11 is 0.834. The Hall–Kier alpha value is -4.23. The summed E-state index contributed by atoms with van der Waals surface area (Å²) in [5, 5.41) is 1.34. The Morgan fingerprint density at radius 1 is 0.914 bits per heavy atom. The highest BCUT2D eigenvalue weighted by molar-refractivity contribution is 8.18. The number of hydrogen-bond acceptors (Lipinski definition) is 5. The van der Waals surface area contributed by atoms with Gasteiger partial charge in [-0.25, -0.2) is 9.18 Å². The number of hydrogen-bond donors (Lipinski definition) is 0. The van der Waals surface area contributed by atoms with E-state index < -0.39 is 17.1 Å². The lowest BCUT2D eigenvalue weighted by Crippen LogP contribution is -2.27. The molecule has 0 aromatic heterocycles. The molecule has 0 aliphatic carbocycles. The molecule has 1 fully saturated rings. The van der Waals surface area contributed by atoms with Crippen molar-refractivity contribution in [3.63, 3.8) is 0 Å². The summed E-state index contributed by atoms with van der Waals surface area (Å²) in [4.78, 5) is 39.5. The number of carbonyl (C=O) groups is 3. The van der Waals surface area contributed by atoms with Gasteiger partial charge in [0.2, 0.25) is 0 Å². The summed E-state index contributed by atoms with van der Waals surface area (Å²) in [6.07, 6.45) is 1.59. The van der Waals surface area contributed by atoms with E-state index in [1.54, 1.807) is 42.5 Å². The number of imide groups is 1. The van der Waals surface area contributed by atoms with Crippen molar-refractivity contribution in [1.82, 2.24) is 4.90 Å². The van der Waals surface area contributed by atoms with Crippen LogP contribution in [0.2, 0.25) is 0 Å². The smallest absolute Gasteiger partial charge is 0.344 e. The first kappa shape index (κ1) is 22.6. The molecule has 0 saturated carbocycles. The number of fused-ring (bicyclic) bond motifs is 1. The van der Waals surface area contributed by atoms with Crippen molar-refractivity contribution in [2.45, 2.75) is 6.54 Å². The summed E-state index contributed by atoms with van der Waals surface area (Å²) in [5.41, 5.74) is 1.72. The topological polar surface area (TPSA) is 63.7 Å². The third kappa shape index (κ3) is 4.85. The average molecular weight is 484 g/mol. The predicted molar refractivity (Wildman–Crippen MR) is 133 cm³/mol. The average Bonchev–Trinajstić information content (AvgIpc) is 3.12. The van der Waals surface area contributed by atoms with Gasteiger partial charge in [0.25, 0.3) is 11.1 Å². The highest BCUT2D eigenvalue weighted by Gasteiger charge is 2.35. The van der Waals surface area contributed by atoms with E-state index in [2.05, 4.69) is 0 Å². The molecule has 1 saturated heterocycles. The van der Waals surface area contributed by atoms with Gasteiger partial charge in [0.05, 0.1) is 17.0 Å². The first-order valence-corrected chi connectivity index (χ1v) is 11.6. The number of benzene rings is 4. The molecule has 1 aliphatic heterocycles. The Labute approximate surface area is 204 Å². The van der Waals surface area contributed by atoms with Gasteiger partial charge in [-0.15, -0.1) is 0 Å². The number of carbonyl (C=O) groups excluding carboxylic acids is 3. The van der Waals surface area contributed by atoms with Crippen molar-refractivity contribution in [2.75, 3.05) is 0 Å². The molecule has 4 aromatic rings. The number of halogens is 1. The molecule has 2 amide bonds. The van der Waals surface area contributed by atoms with Crippen LogP contribution >= 0.6 is 11.8 Å². The van der Waals surface area contributed by atoms with E-state index in [-0.39, 0.29) is 17.3 Å². The van der Waals surface area contributed by atoms with Gasteiger partial charge in [0.15, 0.2) is 0 Å². The molecule has 0 N–H and O–H groups in total. The van der Waals surface area contributed by atoms with Gasteiger partial charge in [-0.1, -0.05) is 60.7 Å². The van der Waals surface area contributed by atoms with Crippen LogP contribution in [-0.2, 0) is 11.3 Å². The van der Waals surface area contributed by atoms with Gasteiger partial charge in [-0.05, 0) is 70.1 Å². The maximum atomic E-state index is 13.1. The second-order valence-corrected chi connectivity index (χ2v) is 8.88. The quantitative estimate of drug-likeness (QED) is 0.186. The van der Waals surface area contributed by atoms with Crippen molar-refractivity contribution >= 4 is 45.7 Å². The van der Waals surface area contributed by atoms with Crippen LogP contribution < -0.4 is 4.74 Å². The maximum absolute atomic E-state index is 13.1. The predicted octanol–water partition coefficient (Wildman–Crippen LogP) is 6.43. The van der Waals surface area contributed by atoms with Crippen molar-refractivity contribution in [3.05, 3.63) is 118 Å². The molecule has 5 rings (SSSR count). The van der Waals surface area contributed by atoms with Crippen molar-refractivity contribution in [3.8, 4) is 5.75 Å². The fraction of sp³-hybridized carbons (Fsp3) is 0.0357. The van der Waals surface area contributed by atoms with Crippen LogP contribution in [0.3, 0.4) is 0 Å². The number of amides is 2. The van der Waals surface area contributed by atoms with Gasteiger partial charge >= 0.3 is 5.97 Å². The summed E-state index contributed by atoms with van der Waals surface area (Å²) in [5.74, 6) is -0.980. The fourth-order valence-corrected chi connectivity index (χ4v) is 4.63. The van der Waals surface area contributed by atoms with Gasteiger partial charge in [-0.2, -0.15) is 0 Å². The van der Waals surface area contributed by atoms with E-state index in [1.165, 1.54) is 24.3 Å². The van der Waals surface area contributed by atoms with E-state index in [0.717, 1.165) is 27.4 Å². The van der Waals surface area contributed by atoms with Crippen LogP contribution in [0.25, 0.3) is 16.8 Å². The number of rotatable bonds is 5. The minimum absolute atomic E-state index is 0.0605. The van der Waals surface area contributed by atoms with Crippen LogP contribution in [0.15, 0.2) is 95.9 Å². The number of esters is 1. The summed E-state index contributed by atoms with van der Waals surface area (Å²) < 4.78 is 18.7. The first-order chi connectivity index (χ1) is 17.0. The van der Waals surface area contributed by atoms with Crippen LogP contribution in [0, 0.1) is 5.82 Å². The van der Waals surface area contributed by atoms with Gasteiger partial charge in [0, 0.05) is 0 Å². The molecule has 0 atom stereocenters. The molecule has 7 heteroatoms. The van der Waals surface area contributed by atoms with E-state index >= 15 is 0 Å². The Morgan fingerprint density at radius 3 is 2.49 bits per heavy atom. The molecule has 0 spiro atoms. The van der Waals surface area contributed by atoms with E-state index in [9.17, 15) is 18.8 Å². The lowest BCUT2D eigenvalue weighted by atomic mass is 10.0. The van der Waals surface area contributed by atoms with E-state index in [4.69, 9.17) is 4.74 Å². The molecule has 35 heavy (non-hydrogen) atoms. The first-order valence-electron chi connectivity index (χ1n) is 10.8. The minimum Gasteiger partial charge on any atom is -0.423 e. The molecule has 172 valence electrons. The zero-order valence-electron chi connectivity index (χ0n) is 18.3. The van der Waals surface area contributed by atoms with Crippen LogP contribution in [-0.4, -0.2) is 22.0 Å². The lowest BCUT2D eigenvalue weighted by Gasteiger charge is -2.12. The van der Waals surface area contributed by atoms with Crippen molar-refractivity contribution in [1.29, 1.82) is 0 Å². The van der Waals surface area contributed by atoms with Crippen LogP contribution in [0.4, 0.5) is 9.18 Å². The zero-order chi connectivity index (χ0) is 24.4. The molecule has 0 unspecified atom stereocenters. The van der Waals surface area contributed by atoms with E-state index in [1.807, 2.05) is 30.3 Å². The summed E-state index contributed by atoms with van der Waals surface area (Å²) in [7, 11) is 0. The van der Waals surface area contributed by atoms with Gasteiger partial charge < -0.3 is 4.74 Å². The maximum Gasteiger partial charge on any atom is 0.344 e. The monoisotopic (exact) mass is 483 g/mol. The largest absolute Gasteiger partial charge is 0.423 e. The normalized spacial score (nSPS) is 14.7. The second kappa shape index (κ2) is 9.56. The molecule has 4 aromatic carbocycles. The van der Waals surface area contributed by atoms with Crippen molar-refractivity contribution < 1.29 is 23.5 Å². The third-order valence-electron chi connectivity index (χ3n) is 5.50. The lowest BCUT2D eigenvalue weighted by molar-refractivity contribution is -0.123. The number of ether oxygens (including phenoxy) is 1. The molecule has 0 radical (unpaired) electrons. The SMILES string of the molecule is O=C(Oc1cccc(/C=C2\SC(=O)N(Cc3ccc(F)cc3)C2=O)c1)c1cccc2ccccc12. The van der Waals surface area contributed by atoms with Gasteiger partial charge in [0.1, 0.15) is 11.6 Å². The van der Waals surface area contributed by atoms with Crippen LogP contribution in [0.5, 0.6) is 5.75 Å². The molecular formula is C28H18FNO4S. The third-order valence-corrected chi connectivity index (χ3v) is 6.41. The minimum atomic E-state index is -0.487. The van der Waals surface area contributed by atoms with E-state index in [0.29, 0.717) is 22.4 Å². The molecule has 1 heterocycles. The molecule has 0 bridgehead atoms. The number of thioether (sulfide) groups is 1. The Morgan fingerprint density at radius 2 is 1.66 bits per heavy atom. The molecule has 1 aliphatic rings. The van der Waals surface area contributed by atoms with Crippen LogP contribution in [0.1, 0.15) is 21.5 Å². The fourth-order valence-electron chi connectivity index (χ4n) is 3.79. The summed E-state index contributed by atoms with van der Waals surface area (Å²) in [6, 6.07) is 25.4. The van der Waals surface area contributed by atoms with Crippen molar-refractivity contribution in [2.24, 2.45) is 0 Å². The standard InChI is InChI=1S/C28H18FNO4S/c29-21-13-11-18(12-14-21)17-30-26(31)25(35-28(30)33)16-19-5-3-8-22(15-19)34-27(32)24-10-4-7-20-6-1-2-9-23(20)24/h1-16H,17H2/b25-16-. The Bertz CT molecular complexity index is 1490. The van der Waals surface area contributed by atoms with Gasteiger partial charge in [-0.3, -0.25) is 14.5 Å².